The standard InChI is InChI=1S/C28H31ClN4O2/c1-5-6-7-20-9-11-21(12-10-20)33-31-25-15-23(29)24(16-26(25)32-33)30-28(34)17-35-27-14-19(4)8-13-22(27)18(2)3/h8-16,18H,5-7,17H2,1-4H3,(H,30,34). The predicted molar refractivity (Wildman–Crippen MR) is 142 cm³/mol. The van der Waals surface area contributed by atoms with Crippen LogP contribution in [-0.4, -0.2) is 27.5 Å². The van der Waals surface area contributed by atoms with E-state index in [1.165, 1.54) is 18.4 Å². The number of nitrogens with zero attached hydrogens (tertiary/aromatic N) is 3. The molecule has 0 unspecified atom stereocenters. The van der Waals surface area contributed by atoms with Crippen molar-refractivity contribution in [3.05, 3.63) is 76.3 Å². The van der Waals surface area contributed by atoms with Gasteiger partial charge >= 0.3 is 0 Å². The van der Waals surface area contributed by atoms with Gasteiger partial charge in [-0.1, -0.05) is 63.1 Å². The fraction of sp³-hybridized carbons (Fsp3) is 0.321. The van der Waals surface area contributed by atoms with Gasteiger partial charge in [0.2, 0.25) is 0 Å². The van der Waals surface area contributed by atoms with Crippen LogP contribution in [0.3, 0.4) is 0 Å². The van der Waals surface area contributed by atoms with E-state index in [0.717, 1.165) is 29.0 Å². The molecule has 0 aliphatic heterocycles. The Bertz CT molecular complexity index is 1330. The summed E-state index contributed by atoms with van der Waals surface area (Å²) < 4.78 is 5.85. The van der Waals surface area contributed by atoms with Gasteiger partial charge in [0, 0.05) is 0 Å². The quantitative estimate of drug-likeness (QED) is 0.278. The van der Waals surface area contributed by atoms with Crippen LogP contribution in [0, 0.1) is 6.92 Å². The summed E-state index contributed by atoms with van der Waals surface area (Å²) in [5.74, 6) is 0.721. The molecule has 0 saturated carbocycles. The molecule has 0 atom stereocenters. The SMILES string of the molecule is CCCCc1ccc(-n2nc3cc(Cl)c(NC(=O)COc4cc(C)ccc4C(C)C)cc3n2)cc1. The lowest BCUT2D eigenvalue weighted by Gasteiger charge is -2.15. The van der Waals surface area contributed by atoms with Crippen molar-refractivity contribution in [2.45, 2.75) is 52.9 Å². The first-order valence-corrected chi connectivity index (χ1v) is 12.4. The van der Waals surface area contributed by atoms with Gasteiger partial charge in [-0.2, -0.15) is 4.80 Å². The first-order valence-electron chi connectivity index (χ1n) is 12.0. The number of halogens is 1. The van der Waals surface area contributed by atoms with Crippen LogP contribution in [0.1, 0.15) is 56.2 Å². The number of hydrogen-bond acceptors (Lipinski definition) is 4. The molecule has 0 radical (unpaired) electrons. The molecule has 0 aliphatic rings. The molecular weight excluding hydrogens is 460 g/mol. The number of hydrogen-bond donors (Lipinski definition) is 1. The van der Waals surface area contributed by atoms with Crippen LogP contribution < -0.4 is 10.1 Å². The summed E-state index contributed by atoms with van der Waals surface area (Å²) in [4.78, 5) is 14.2. The van der Waals surface area contributed by atoms with Gasteiger partial charge in [0.15, 0.2) is 6.61 Å². The maximum absolute atomic E-state index is 12.6. The van der Waals surface area contributed by atoms with Crippen molar-refractivity contribution < 1.29 is 9.53 Å². The smallest absolute Gasteiger partial charge is 0.262 e. The van der Waals surface area contributed by atoms with Gasteiger partial charge < -0.3 is 10.1 Å². The monoisotopic (exact) mass is 490 g/mol. The Kier molecular flexibility index (Phi) is 7.71. The van der Waals surface area contributed by atoms with Crippen molar-refractivity contribution in [1.82, 2.24) is 15.0 Å². The highest BCUT2D eigenvalue weighted by atomic mass is 35.5. The van der Waals surface area contributed by atoms with Gasteiger partial charge in [0.25, 0.3) is 5.91 Å². The van der Waals surface area contributed by atoms with E-state index in [2.05, 4.69) is 48.4 Å². The van der Waals surface area contributed by atoms with Crippen LogP contribution in [0.4, 0.5) is 5.69 Å². The van der Waals surface area contributed by atoms with Crippen molar-refractivity contribution >= 4 is 34.2 Å². The molecule has 6 nitrogen and oxygen atoms in total. The van der Waals surface area contributed by atoms with E-state index in [1.807, 2.05) is 37.3 Å². The second kappa shape index (κ2) is 10.9. The Morgan fingerprint density at radius 3 is 2.46 bits per heavy atom. The lowest BCUT2D eigenvalue weighted by atomic mass is 10.0. The lowest BCUT2D eigenvalue weighted by Crippen LogP contribution is -2.20. The molecule has 0 fully saturated rings. The van der Waals surface area contributed by atoms with E-state index in [1.54, 1.807) is 16.9 Å². The number of amides is 1. The van der Waals surface area contributed by atoms with Crippen molar-refractivity contribution in [3.63, 3.8) is 0 Å². The van der Waals surface area contributed by atoms with Crippen LogP contribution in [0.2, 0.25) is 5.02 Å². The number of aromatic nitrogens is 3. The van der Waals surface area contributed by atoms with Crippen molar-refractivity contribution in [3.8, 4) is 11.4 Å². The Labute approximate surface area is 211 Å². The summed E-state index contributed by atoms with van der Waals surface area (Å²) in [7, 11) is 0. The maximum atomic E-state index is 12.6. The summed E-state index contributed by atoms with van der Waals surface area (Å²) in [5, 5.41) is 12.4. The molecule has 0 spiro atoms. The van der Waals surface area contributed by atoms with Crippen LogP contribution in [0.15, 0.2) is 54.6 Å². The third-order valence-corrected chi connectivity index (χ3v) is 6.19. The normalized spacial score (nSPS) is 11.3. The number of carbonyl (C=O) groups is 1. The minimum Gasteiger partial charge on any atom is -0.483 e. The minimum absolute atomic E-state index is 0.116. The summed E-state index contributed by atoms with van der Waals surface area (Å²) in [5.41, 5.74) is 6.09. The molecule has 1 amide bonds. The molecule has 182 valence electrons. The molecular formula is C28H31ClN4O2. The third kappa shape index (κ3) is 6.01. The highest BCUT2D eigenvalue weighted by Gasteiger charge is 2.14. The van der Waals surface area contributed by atoms with Gasteiger partial charge in [0.1, 0.15) is 16.8 Å². The van der Waals surface area contributed by atoms with Gasteiger partial charge in [-0.05, 0) is 72.7 Å². The van der Waals surface area contributed by atoms with Crippen molar-refractivity contribution in [2.24, 2.45) is 0 Å². The number of benzene rings is 3. The highest BCUT2D eigenvalue weighted by molar-refractivity contribution is 6.34. The zero-order chi connectivity index (χ0) is 24.9. The zero-order valence-corrected chi connectivity index (χ0v) is 21.4. The number of fused-ring (bicyclic) bond motifs is 1. The average molecular weight is 491 g/mol. The first kappa shape index (κ1) is 24.7. The van der Waals surface area contributed by atoms with Gasteiger partial charge in [-0.15, -0.1) is 10.2 Å². The Balaban J connectivity index is 1.47. The number of carbonyl (C=O) groups excluding carboxylic acids is 1. The first-order chi connectivity index (χ1) is 16.8. The minimum atomic E-state index is -0.294. The van der Waals surface area contributed by atoms with E-state index < -0.39 is 0 Å². The summed E-state index contributed by atoms with van der Waals surface area (Å²) in [6.45, 7) is 8.27. The summed E-state index contributed by atoms with van der Waals surface area (Å²) in [6.07, 6.45) is 3.41. The molecule has 1 aromatic heterocycles. The number of ether oxygens (including phenoxy) is 1. The van der Waals surface area contributed by atoms with E-state index in [-0.39, 0.29) is 12.5 Å². The Morgan fingerprint density at radius 2 is 1.77 bits per heavy atom. The second-order valence-corrected chi connectivity index (χ2v) is 9.52. The number of aryl methyl sites for hydroxylation is 2. The summed E-state index contributed by atoms with van der Waals surface area (Å²) >= 11 is 6.44. The fourth-order valence-electron chi connectivity index (χ4n) is 3.90. The van der Waals surface area contributed by atoms with Gasteiger partial charge in [0.05, 0.1) is 16.4 Å². The topological polar surface area (TPSA) is 69.0 Å². The number of rotatable bonds is 9. The molecule has 4 aromatic rings. The molecule has 1 heterocycles. The van der Waals surface area contributed by atoms with Crippen molar-refractivity contribution in [1.29, 1.82) is 0 Å². The van der Waals surface area contributed by atoms with Crippen molar-refractivity contribution in [2.75, 3.05) is 11.9 Å². The molecule has 0 saturated heterocycles. The summed E-state index contributed by atoms with van der Waals surface area (Å²) in [6, 6.07) is 17.7. The molecule has 4 rings (SSSR count). The van der Waals surface area contributed by atoms with Gasteiger partial charge in [-0.25, -0.2) is 0 Å². The Morgan fingerprint density at radius 1 is 1.06 bits per heavy atom. The predicted octanol–water partition coefficient (Wildman–Crippen LogP) is 6.87. The lowest BCUT2D eigenvalue weighted by molar-refractivity contribution is -0.118. The largest absolute Gasteiger partial charge is 0.483 e. The third-order valence-electron chi connectivity index (χ3n) is 5.88. The highest BCUT2D eigenvalue weighted by Crippen LogP contribution is 2.29. The van der Waals surface area contributed by atoms with Crippen LogP contribution in [0.25, 0.3) is 16.7 Å². The molecule has 3 aromatic carbocycles. The maximum Gasteiger partial charge on any atom is 0.262 e. The van der Waals surface area contributed by atoms with Crippen LogP contribution in [-0.2, 0) is 11.2 Å². The number of unbranched alkanes of at least 4 members (excludes halogenated alkanes) is 1. The van der Waals surface area contributed by atoms with E-state index in [4.69, 9.17) is 16.3 Å². The molecule has 0 bridgehead atoms. The molecule has 0 aliphatic carbocycles. The number of anilines is 1. The van der Waals surface area contributed by atoms with Crippen LogP contribution in [0.5, 0.6) is 5.75 Å². The van der Waals surface area contributed by atoms with E-state index in [9.17, 15) is 4.79 Å². The van der Waals surface area contributed by atoms with Crippen LogP contribution >= 0.6 is 11.6 Å². The van der Waals surface area contributed by atoms with Gasteiger partial charge in [-0.3, -0.25) is 4.79 Å². The average Bonchev–Trinajstić information content (AvgIpc) is 3.24. The van der Waals surface area contributed by atoms with E-state index >= 15 is 0 Å². The Hall–Kier alpha value is -3.38. The number of nitrogens with one attached hydrogen (secondary N) is 1. The fourth-order valence-corrected chi connectivity index (χ4v) is 4.10. The van der Waals surface area contributed by atoms with E-state index in [0.29, 0.717) is 27.7 Å². The molecule has 1 N–H and O–H groups in total. The molecule has 7 heteroatoms. The molecule has 35 heavy (non-hydrogen) atoms. The zero-order valence-electron chi connectivity index (χ0n) is 20.6. The second-order valence-electron chi connectivity index (χ2n) is 9.11.